The number of fused-ring (bicyclic) bond motifs is 1. The van der Waals surface area contributed by atoms with Crippen molar-refractivity contribution >= 4 is 17.4 Å². The predicted octanol–water partition coefficient (Wildman–Crippen LogP) is 5.10. The molecule has 0 fully saturated rings. The van der Waals surface area contributed by atoms with Crippen LogP contribution in [-0.2, 0) is 29.9 Å². The topological polar surface area (TPSA) is 69.7 Å². The van der Waals surface area contributed by atoms with Crippen LogP contribution in [0.2, 0.25) is 0 Å². The van der Waals surface area contributed by atoms with Gasteiger partial charge in [-0.05, 0) is 49.6 Å². The number of benzene rings is 2. The molecular formula is C21H25F2O5PS. The molecule has 0 bridgehead atoms. The van der Waals surface area contributed by atoms with E-state index in [0.29, 0.717) is 11.1 Å². The Morgan fingerprint density at radius 1 is 1.03 bits per heavy atom. The highest BCUT2D eigenvalue weighted by molar-refractivity contribution is 7.93. The van der Waals surface area contributed by atoms with Crippen LogP contribution in [0.15, 0.2) is 47.4 Å². The van der Waals surface area contributed by atoms with E-state index in [-0.39, 0.29) is 24.5 Å². The zero-order valence-electron chi connectivity index (χ0n) is 17.0. The van der Waals surface area contributed by atoms with Gasteiger partial charge >= 0.3 is 7.60 Å². The molecule has 0 aromatic heterocycles. The summed E-state index contributed by atoms with van der Waals surface area (Å²) in [6.07, 6.45) is -0.100. The van der Waals surface area contributed by atoms with Crippen molar-refractivity contribution in [3.8, 4) is 0 Å². The molecule has 0 N–H and O–H groups in total. The third kappa shape index (κ3) is 4.11. The molecule has 1 aliphatic heterocycles. The molecule has 0 aliphatic carbocycles. The fourth-order valence-corrected chi connectivity index (χ4v) is 9.65. The standard InChI is InChI=1S/C21H25F2O5PS/c1-4-27-29(24,28-5-2)19(13-15-10-11-17(22)18(23)12-15)21-14(3)16-8-6-7-9-20(16)30(21,25)26/h6-12,14,19,21H,4-5,13H2,1-3H3. The first-order valence-corrected chi connectivity index (χ1v) is 13.0. The number of hydrogen-bond donors (Lipinski definition) is 0. The Hall–Kier alpha value is -1.60. The van der Waals surface area contributed by atoms with Gasteiger partial charge in [0.05, 0.1) is 29.0 Å². The van der Waals surface area contributed by atoms with Crippen LogP contribution >= 0.6 is 7.60 Å². The highest BCUT2D eigenvalue weighted by Gasteiger charge is 2.53. The Morgan fingerprint density at radius 2 is 1.67 bits per heavy atom. The van der Waals surface area contributed by atoms with E-state index in [0.717, 1.165) is 12.1 Å². The van der Waals surface area contributed by atoms with E-state index >= 15 is 0 Å². The van der Waals surface area contributed by atoms with E-state index in [1.165, 1.54) is 12.1 Å². The minimum atomic E-state index is -3.91. The lowest BCUT2D eigenvalue weighted by molar-refractivity contribution is 0.209. The molecule has 2 aromatic rings. The highest BCUT2D eigenvalue weighted by Crippen LogP contribution is 2.60. The first kappa shape index (κ1) is 23.1. The zero-order chi connectivity index (χ0) is 22.1. The summed E-state index contributed by atoms with van der Waals surface area (Å²) in [7, 11) is -7.77. The summed E-state index contributed by atoms with van der Waals surface area (Å²) < 4.78 is 78.9. The second kappa shape index (κ2) is 8.87. The van der Waals surface area contributed by atoms with Crippen molar-refractivity contribution in [1.29, 1.82) is 0 Å². The van der Waals surface area contributed by atoms with Crippen molar-refractivity contribution < 1.29 is 30.8 Å². The Bertz CT molecular complexity index is 1060. The lowest BCUT2D eigenvalue weighted by Crippen LogP contribution is -2.36. The largest absolute Gasteiger partial charge is 0.335 e. The van der Waals surface area contributed by atoms with Gasteiger partial charge in [0.1, 0.15) is 0 Å². The lowest BCUT2D eigenvalue weighted by atomic mass is 9.94. The van der Waals surface area contributed by atoms with Crippen LogP contribution in [0.25, 0.3) is 0 Å². The zero-order valence-corrected chi connectivity index (χ0v) is 18.8. The summed E-state index contributed by atoms with van der Waals surface area (Å²) >= 11 is 0. The summed E-state index contributed by atoms with van der Waals surface area (Å²) in [5.41, 5.74) is -0.135. The Labute approximate surface area is 175 Å². The SMILES string of the molecule is CCOP(=O)(OCC)C(Cc1ccc(F)c(F)c1)C1C(C)c2ccccc2S1(=O)=O. The van der Waals surface area contributed by atoms with E-state index in [9.17, 15) is 21.8 Å². The molecule has 2 aromatic carbocycles. The lowest BCUT2D eigenvalue weighted by Gasteiger charge is -2.32. The van der Waals surface area contributed by atoms with E-state index in [2.05, 4.69) is 0 Å². The van der Waals surface area contributed by atoms with Gasteiger partial charge in [-0.3, -0.25) is 4.57 Å². The molecule has 0 spiro atoms. The van der Waals surface area contributed by atoms with Gasteiger partial charge in [-0.15, -0.1) is 0 Å². The van der Waals surface area contributed by atoms with E-state index < -0.39 is 45.9 Å². The second-order valence-electron chi connectivity index (χ2n) is 7.23. The summed E-state index contributed by atoms with van der Waals surface area (Å²) in [4.78, 5) is 0.192. The van der Waals surface area contributed by atoms with Gasteiger partial charge in [0.2, 0.25) is 0 Å². The molecule has 3 unspecified atom stereocenters. The third-order valence-corrected chi connectivity index (χ3v) is 10.6. The van der Waals surface area contributed by atoms with Crippen molar-refractivity contribution in [3.63, 3.8) is 0 Å². The van der Waals surface area contributed by atoms with Crippen LogP contribution in [0.4, 0.5) is 8.78 Å². The fourth-order valence-electron chi connectivity index (χ4n) is 4.15. The first-order valence-electron chi connectivity index (χ1n) is 9.81. The average Bonchev–Trinajstić information content (AvgIpc) is 2.89. The number of hydrogen-bond acceptors (Lipinski definition) is 5. The smallest absolute Gasteiger partial charge is 0.309 e. The predicted molar refractivity (Wildman–Crippen MR) is 111 cm³/mol. The van der Waals surface area contributed by atoms with Gasteiger partial charge in [0, 0.05) is 5.92 Å². The molecule has 0 saturated heterocycles. The molecule has 30 heavy (non-hydrogen) atoms. The van der Waals surface area contributed by atoms with E-state index in [1.54, 1.807) is 39.0 Å². The maximum atomic E-state index is 13.8. The summed E-state index contributed by atoms with van der Waals surface area (Å²) in [5, 5.41) is -1.09. The fraction of sp³-hybridized carbons (Fsp3) is 0.429. The Morgan fingerprint density at radius 3 is 2.23 bits per heavy atom. The molecule has 0 amide bonds. The van der Waals surface area contributed by atoms with Crippen LogP contribution in [0.1, 0.15) is 37.8 Å². The van der Waals surface area contributed by atoms with Crippen molar-refractivity contribution in [1.82, 2.24) is 0 Å². The molecule has 9 heteroatoms. The van der Waals surface area contributed by atoms with Crippen molar-refractivity contribution in [2.24, 2.45) is 0 Å². The van der Waals surface area contributed by atoms with Gasteiger partial charge in [-0.1, -0.05) is 31.2 Å². The Kier molecular flexibility index (Phi) is 6.82. The summed E-state index contributed by atoms with van der Waals surface area (Å²) in [5.74, 6) is -2.54. The molecule has 1 heterocycles. The minimum absolute atomic E-state index is 0.0552. The molecule has 3 atom stereocenters. The second-order valence-corrected chi connectivity index (χ2v) is 11.6. The van der Waals surface area contributed by atoms with Crippen LogP contribution in [-0.4, -0.2) is 32.5 Å². The molecule has 3 rings (SSSR count). The molecule has 164 valence electrons. The third-order valence-electron chi connectivity index (χ3n) is 5.40. The molecule has 1 aliphatic rings. The van der Waals surface area contributed by atoms with Crippen molar-refractivity contribution in [2.75, 3.05) is 13.2 Å². The van der Waals surface area contributed by atoms with E-state index in [4.69, 9.17) is 9.05 Å². The van der Waals surface area contributed by atoms with Crippen LogP contribution in [0, 0.1) is 11.6 Å². The summed E-state index contributed by atoms with van der Waals surface area (Å²) in [6.45, 7) is 5.15. The molecule has 0 saturated carbocycles. The Balaban J connectivity index is 2.14. The monoisotopic (exact) mass is 458 g/mol. The molecule has 5 nitrogen and oxygen atoms in total. The molecule has 0 radical (unpaired) electrons. The number of rotatable bonds is 8. The minimum Gasteiger partial charge on any atom is -0.309 e. The van der Waals surface area contributed by atoms with Crippen molar-refractivity contribution in [2.45, 2.75) is 48.9 Å². The quantitative estimate of drug-likeness (QED) is 0.515. The van der Waals surface area contributed by atoms with Crippen molar-refractivity contribution in [3.05, 3.63) is 65.2 Å². The first-order chi connectivity index (χ1) is 14.2. The number of sulfone groups is 1. The highest BCUT2D eigenvalue weighted by atomic mass is 32.2. The molecular weight excluding hydrogens is 433 g/mol. The maximum absolute atomic E-state index is 13.8. The average molecular weight is 458 g/mol. The van der Waals surface area contributed by atoms with Crippen LogP contribution < -0.4 is 0 Å². The van der Waals surface area contributed by atoms with Gasteiger partial charge in [0.15, 0.2) is 21.5 Å². The number of halogens is 2. The van der Waals surface area contributed by atoms with Gasteiger partial charge in [-0.2, -0.15) is 0 Å². The van der Waals surface area contributed by atoms with Gasteiger partial charge in [0.25, 0.3) is 0 Å². The van der Waals surface area contributed by atoms with Gasteiger partial charge < -0.3 is 9.05 Å². The maximum Gasteiger partial charge on any atom is 0.335 e. The van der Waals surface area contributed by atoms with Crippen LogP contribution in [0.5, 0.6) is 0 Å². The van der Waals surface area contributed by atoms with E-state index in [1.807, 2.05) is 0 Å². The summed E-state index contributed by atoms with van der Waals surface area (Å²) in [6, 6.07) is 9.97. The normalized spacial score (nSPS) is 21.4. The van der Waals surface area contributed by atoms with Crippen LogP contribution in [0.3, 0.4) is 0 Å². The van der Waals surface area contributed by atoms with Gasteiger partial charge in [-0.25, -0.2) is 17.2 Å².